The molecule has 0 bridgehead atoms. The second-order valence-corrected chi connectivity index (χ2v) is 8.49. The number of carbonyl (C=O) groups excluding carboxylic acids is 2. The van der Waals surface area contributed by atoms with E-state index in [1.54, 1.807) is 0 Å². The van der Waals surface area contributed by atoms with Gasteiger partial charge in [-0.15, -0.1) is 0 Å². The Morgan fingerprint density at radius 2 is 1.59 bits per heavy atom. The number of hydrogen-bond donors (Lipinski definition) is 2. The normalized spacial score (nSPS) is 14.2. The van der Waals surface area contributed by atoms with E-state index < -0.39 is 0 Å². The van der Waals surface area contributed by atoms with Crippen molar-refractivity contribution in [2.75, 3.05) is 50.7 Å². The molecule has 6 nitrogen and oxygen atoms in total. The molecule has 1 fully saturated rings. The van der Waals surface area contributed by atoms with Crippen LogP contribution in [0.5, 0.6) is 0 Å². The van der Waals surface area contributed by atoms with Crippen molar-refractivity contribution in [3.8, 4) is 0 Å². The van der Waals surface area contributed by atoms with Crippen LogP contribution in [0.4, 0.5) is 5.69 Å². The number of benzene rings is 2. The van der Waals surface area contributed by atoms with Gasteiger partial charge >= 0.3 is 0 Å². The zero-order chi connectivity index (χ0) is 22.6. The zero-order valence-corrected chi connectivity index (χ0v) is 19.2. The average Bonchev–Trinajstić information content (AvgIpc) is 2.80. The van der Waals surface area contributed by atoms with E-state index in [1.165, 1.54) is 11.3 Å². The molecule has 6 heteroatoms. The molecule has 1 aliphatic rings. The summed E-state index contributed by atoms with van der Waals surface area (Å²) in [6, 6.07) is 18.3. The Bertz CT molecular complexity index is 848. The van der Waals surface area contributed by atoms with Crippen LogP contribution in [-0.2, 0) is 16.0 Å². The quantitative estimate of drug-likeness (QED) is 0.532. The van der Waals surface area contributed by atoms with E-state index in [0.29, 0.717) is 25.9 Å². The van der Waals surface area contributed by atoms with Crippen molar-refractivity contribution in [3.63, 3.8) is 0 Å². The second-order valence-electron chi connectivity index (χ2n) is 8.49. The summed E-state index contributed by atoms with van der Waals surface area (Å²) in [5, 5.41) is 5.78. The summed E-state index contributed by atoms with van der Waals surface area (Å²) in [5.74, 6) is -0.0525. The molecule has 2 aromatic carbocycles. The molecule has 0 unspecified atom stereocenters. The maximum atomic E-state index is 12.0. The van der Waals surface area contributed by atoms with Crippen LogP contribution in [0.2, 0.25) is 0 Å². The van der Waals surface area contributed by atoms with Crippen molar-refractivity contribution in [1.29, 1.82) is 0 Å². The summed E-state index contributed by atoms with van der Waals surface area (Å²) < 4.78 is 0. The summed E-state index contributed by atoms with van der Waals surface area (Å²) in [6.45, 7) is 8.59. The van der Waals surface area contributed by atoms with E-state index in [1.807, 2.05) is 30.3 Å². The summed E-state index contributed by atoms with van der Waals surface area (Å²) >= 11 is 0. The highest BCUT2D eigenvalue weighted by Gasteiger charge is 2.16. The van der Waals surface area contributed by atoms with Crippen LogP contribution < -0.4 is 15.5 Å². The largest absolute Gasteiger partial charge is 0.369 e. The van der Waals surface area contributed by atoms with Gasteiger partial charge in [0, 0.05) is 51.4 Å². The molecule has 0 atom stereocenters. The van der Waals surface area contributed by atoms with E-state index in [9.17, 15) is 9.59 Å². The molecular weight excluding hydrogens is 400 g/mol. The lowest BCUT2D eigenvalue weighted by Gasteiger charge is -2.36. The second kappa shape index (κ2) is 12.9. The summed E-state index contributed by atoms with van der Waals surface area (Å²) in [4.78, 5) is 28.8. The number of unbranched alkanes of at least 4 members (excludes halogenated alkanes) is 1. The van der Waals surface area contributed by atoms with Gasteiger partial charge in [0.05, 0.1) is 6.42 Å². The third-order valence-electron chi connectivity index (χ3n) is 5.84. The minimum Gasteiger partial charge on any atom is -0.369 e. The molecule has 0 spiro atoms. The third kappa shape index (κ3) is 8.35. The smallest absolute Gasteiger partial charge is 0.224 e. The summed E-state index contributed by atoms with van der Waals surface area (Å²) in [5.41, 5.74) is 3.61. The average molecular weight is 437 g/mol. The number of amides is 2. The van der Waals surface area contributed by atoms with E-state index >= 15 is 0 Å². The maximum Gasteiger partial charge on any atom is 0.224 e. The maximum absolute atomic E-state index is 12.0. The molecule has 2 amide bonds. The molecule has 2 aromatic rings. The molecule has 1 aliphatic heterocycles. The monoisotopic (exact) mass is 436 g/mol. The number of anilines is 1. The molecule has 32 heavy (non-hydrogen) atoms. The molecule has 1 heterocycles. The Labute approximate surface area is 192 Å². The molecule has 1 saturated heterocycles. The van der Waals surface area contributed by atoms with Gasteiger partial charge in [-0.2, -0.15) is 0 Å². The van der Waals surface area contributed by atoms with Crippen molar-refractivity contribution < 1.29 is 9.59 Å². The van der Waals surface area contributed by atoms with Crippen molar-refractivity contribution in [2.24, 2.45) is 0 Å². The topological polar surface area (TPSA) is 64.7 Å². The fraction of sp³-hybridized carbons (Fsp3) is 0.462. The van der Waals surface area contributed by atoms with Gasteiger partial charge in [-0.1, -0.05) is 42.5 Å². The van der Waals surface area contributed by atoms with Gasteiger partial charge in [-0.3, -0.25) is 14.5 Å². The Balaban J connectivity index is 1.19. The van der Waals surface area contributed by atoms with Crippen LogP contribution in [0, 0.1) is 6.92 Å². The van der Waals surface area contributed by atoms with Gasteiger partial charge in [0.25, 0.3) is 0 Å². The fourth-order valence-corrected chi connectivity index (χ4v) is 3.99. The van der Waals surface area contributed by atoms with Crippen LogP contribution in [0.25, 0.3) is 0 Å². The molecular formula is C26H36N4O2. The Kier molecular flexibility index (Phi) is 9.57. The Hall–Kier alpha value is -2.86. The van der Waals surface area contributed by atoms with E-state index in [4.69, 9.17) is 0 Å². The number of hydrogen-bond acceptors (Lipinski definition) is 4. The molecule has 172 valence electrons. The van der Waals surface area contributed by atoms with Gasteiger partial charge in [-0.25, -0.2) is 0 Å². The van der Waals surface area contributed by atoms with E-state index in [0.717, 1.165) is 51.1 Å². The highest BCUT2D eigenvalue weighted by atomic mass is 16.2. The van der Waals surface area contributed by atoms with Gasteiger partial charge in [0.15, 0.2) is 0 Å². The minimum atomic E-state index is -0.0495. The molecule has 0 saturated carbocycles. The highest BCUT2D eigenvalue weighted by molar-refractivity contribution is 5.80. The molecule has 3 rings (SSSR count). The van der Waals surface area contributed by atoms with Crippen molar-refractivity contribution in [1.82, 2.24) is 15.5 Å². The fourth-order valence-electron chi connectivity index (χ4n) is 3.99. The highest BCUT2D eigenvalue weighted by Crippen LogP contribution is 2.17. The lowest BCUT2D eigenvalue weighted by atomic mass is 10.1. The number of nitrogens with zero attached hydrogens (tertiary/aromatic N) is 2. The Morgan fingerprint density at radius 1 is 0.844 bits per heavy atom. The standard InChI is InChI=1S/C26H36N4O2/c1-22-8-7-11-24(20-22)30-18-16-29(17-19-30)15-6-5-13-27-25(31)12-14-28-26(32)21-23-9-3-2-4-10-23/h2-4,7-11,20H,5-6,12-19,21H2,1H3,(H,27,31)(H,28,32). The first-order valence-corrected chi connectivity index (χ1v) is 11.7. The first-order chi connectivity index (χ1) is 15.6. The van der Waals surface area contributed by atoms with Crippen molar-refractivity contribution in [3.05, 3.63) is 65.7 Å². The lowest BCUT2D eigenvalue weighted by molar-refractivity contribution is -0.122. The van der Waals surface area contributed by atoms with Crippen molar-refractivity contribution in [2.45, 2.75) is 32.6 Å². The van der Waals surface area contributed by atoms with Crippen LogP contribution in [0.15, 0.2) is 54.6 Å². The number of piperazine rings is 1. The van der Waals surface area contributed by atoms with Crippen LogP contribution >= 0.6 is 0 Å². The van der Waals surface area contributed by atoms with Crippen LogP contribution in [-0.4, -0.2) is 62.5 Å². The molecule has 0 aromatic heterocycles. The number of nitrogens with one attached hydrogen (secondary N) is 2. The van der Waals surface area contributed by atoms with Crippen LogP contribution in [0.1, 0.15) is 30.4 Å². The predicted octanol–water partition coefficient (Wildman–Crippen LogP) is 2.76. The van der Waals surface area contributed by atoms with E-state index in [-0.39, 0.29) is 11.8 Å². The number of aryl methyl sites for hydroxylation is 1. The summed E-state index contributed by atoms with van der Waals surface area (Å²) in [6.07, 6.45) is 2.73. The number of carbonyl (C=O) groups is 2. The predicted molar refractivity (Wildman–Crippen MR) is 130 cm³/mol. The molecule has 2 N–H and O–H groups in total. The first-order valence-electron chi connectivity index (χ1n) is 11.7. The minimum absolute atomic E-state index is 0.00298. The van der Waals surface area contributed by atoms with Gasteiger partial charge in [0.2, 0.25) is 11.8 Å². The van der Waals surface area contributed by atoms with Gasteiger partial charge in [-0.05, 0) is 49.6 Å². The summed E-state index contributed by atoms with van der Waals surface area (Å²) in [7, 11) is 0. The van der Waals surface area contributed by atoms with Crippen molar-refractivity contribution >= 4 is 17.5 Å². The van der Waals surface area contributed by atoms with Gasteiger partial charge < -0.3 is 15.5 Å². The zero-order valence-electron chi connectivity index (χ0n) is 19.2. The van der Waals surface area contributed by atoms with Crippen LogP contribution in [0.3, 0.4) is 0 Å². The first kappa shape index (κ1) is 23.8. The SMILES string of the molecule is Cc1cccc(N2CCN(CCCCNC(=O)CCNC(=O)Cc3ccccc3)CC2)c1. The third-order valence-corrected chi connectivity index (χ3v) is 5.84. The molecule has 0 radical (unpaired) electrons. The van der Waals surface area contributed by atoms with E-state index in [2.05, 4.69) is 51.6 Å². The number of rotatable bonds is 11. The van der Waals surface area contributed by atoms with Gasteiger partial charge in [0.1, 0.15) is 0 Å². The lowest BCUT2D eigenvalue weighted by Crippen LogP contribution is -2.46. The molecule has 0 aliphatic carbocycles. The Morgan fingerprint density at radius 3 is 2.34 bits per heavy atom.